The Bertz CT molecular complexity index is 351. The van der Waals surface area contributed by atoms with Gasteiger partial charge in [-0.15, -0.1) is 0 Å². The van der Waals surface area contributed by atoms with Crippen LogP contribution >= 0.6 is 0 Å². The molecule has 0 aromatic carbocycles. The SMILES string of the molecule is CC(C)C(=O)N1CCCN(C(=O)CC2CCCN2)CC1. The molecule has 2 rings (SSSR count). The number of carbonyl (C=O) groups is 2. The summed E-state index contributed by atoms with van der Waals surface area (Å²) < 4.78 is 0. The minimum atomic E-state index is 0.0416. The molecule has 2 aliphatic heterocycles. The van der Waals surface area contributed by atoms with Crippen LogP contribution in [0.5, 0.6) is 0 Å². The van der Waals surface area contributed by atoms with Crippen LogP contribution < -0.4 is 5.32 Å². The van der Waals surface area contributed by atoms with E-state index in [9.17, 15) is 9.59 Å². The molecule has 2 heterocycles. The molecule has 2 saturated heterocycles. The number of nitrogens with one attached hydrogen (secondary N) is 1. The standard InChI is InChI=1S/C15H27N3O2/c1-12(2)15(20)18-8-4-7-17(9-10-18)14(19)11-13-5-3-6-16-13/h12-13,16H,3-11H2,1-2H3. The topological polar surface area (TPSA) is 52.7 Å². The Morgan fingerprint density at radius 2 is 1.80 bits per heavy atom. The fraction of sp³-hybridized carbons (Fsp3) is 0.867. The first-order valence-electron chi connectivity index (χ1n) is 7.88. The maximum Gasteiger partial charge on any atom is 0.225 e. The molecule has 0 aliphatic carbocycles. The van der Waals surface area contributed by atoms with E-state index in [1.165, 1.54) is 6.42 Å². The molecule has 5 heteroatoms. The van der Waals surface area contributed by atoms with Crippen molar-refractivity contribution in [2.75, 3.05) is 32.7 Å². The van der Waals surface area contributed by atoms with E-state index in [1.54, 1.807) is 0 Å². The summed E-state index contributed by atoms with van der Waals surface area (Å²) in [6, 6.07) is 0.360. The monoisotopic (exact) mass is 281 g/mol. The number of nitrogens with zero attached hydrogens (tertiary/aromatic N) is 2. The van der Waals surface area contributed by atoms with Gasteiger partial charge in [0.15, 0.2) is 0 Å². The molecular formula is C15H27N3O2. The van der Waals surface area contributed by atoms with Gasteiger partial charge >= 0.3 is 0 Å². The van der Waals surface area contributed by atoms with Crippen molar-refractivity contribution in [1.82, 2.24) is 15.1 Å². The van der Waals surface area contributed by atoms with Gasteiger partial charge in [0.1, 0.15) is 0 Å². The highest BCUT2D eigenvalue weighted by atomic mass is 16.2. The maximum absolute atomic E-state index is 12.3. The second-order valence-corrected chi connectivity index (χ2v) is 6.21. The lowest BCUT2D eigenvalue weighted by Crippen LogP contribution is -2.40. The van der Waals surface area contributed by atoms with Crippen molar-refractivity contribution in [3.8, 4) is 0 Å². The smallest absolute Gasteiger partial charge is 0.225 e. The highest BCUT2D eigenvalue weighted by Gasteiger charge is 2.25. The number of rotatable bonds is 3. The summed E-state index contributed by atoms with van der Waals surface area (Å²) in [5.74, 6) is 0.486. The lowest BCUT2D eigenvalue weighted by molar-refractivity contribution is -0.135. The molecule has 1 N–H and O–H groups in total. The molecule has 0 aromatic rings. The van der Waals surface area contributed by atoms with Crippen LogP contribution in [0.25, 0.3) is 0 Å². The third-order valence-electron chi connectivity index (χ3n) is 4.24. The van der Waals surface area contributed by atoms with Crippen LogP contribution in [0.2, 0.25) is 0 Å². The lowest BCUT2D eigenvalue weighted by atomic mass is 10.1. The zero-order valence-electron chi connectivity index (χ0n) is 12.7. The zero-order valence-corrected chi connectivity index (χ0v) is 12.7. The van der Waals surface area contributed by atoms with Crippen LogP contribution in [0.15, 0.2) is 0 Å². The van der Waals surface area contributed by atoms with Gasteiger partial charge < -0.3 is 15.1 Å². The van der Waals surface area contributed by atoms with Gasteiger partial charge in [-0.05, 0) is 25.8 Å². The molecule has 0 aromatic heterocycles. The van der Waals surface area contributed by atoms with Crippen LogP contribution in [0.1, 0.15) is 39.5 Å². The fourth-order valence-corrected chi connectivity index (χ4v) is 3.02. The molecule has 0 radical (unpaired) electrons. The molecule has 5 nitrogen and oxygen atoms in total. The average molecular weight is 281 g/mol. The molecule has 0 saturated carbocycles. The minimum Gasteiger partial charge on any atom is -0.341 e. The molecular weight excluding hydrogens is 254 g/mol. The van der Waals surface area contributed by atoms with Crippen molar-refractivity contribution in [2.45, 2.75) is 45.6 Å². The summed E-state index contributed by atoms with van der Waals surface area (Å²) >= 11 is 0. The molecule has 2 amide bonds. The molecule has 1 atom stereocenters. The van der Waals surface area contributed by atoms with Crippen molar-refractivity contribution in [3.63, 3.8) is 0 Å². The van der Waals surface area contributed by atoms with E-state index >= 15 is 0 Å². The molecule has 0 spiro atoms. The highest BCUT2D eigenvalue weighted by Crippen LogP contribution is 2.13. The quantitative estimate of drug-likeness (QED) is 0.834. The zero-order chi connectivity index (χ0) is 14.5. The largest absolute Gasteiger partial charge is 0.341 e. The fourth-order valence-electron chi connectivity index (χ4n) is 3.02. The molecule has 2 fully saturated rings. The van der Waals surface area contributed by atoms with Gasteiger partial charge in [-0.25, -0.2) is 0 Å². The summed E-state index contributed by atoms with van der Waals surface area (Å²) in [7, 11) is 0. The van der Waals surface area contributed by atoms with E-state index < -0.39 is 0 Å². The van der Waals surface area contributed by atoms with Crippen molar-refractivity contribution in [3.05, 3.63) is 0 Å². The number of hydrogen-bond acceptors (Lipinski definition) is 3. The average Bonchev–Trinajstić information content (AvgIpc) is 2.79. The lowest BCUT2D eigenvalue weighted by Gasteiger charge is -2.24. The van der Waals surface area contributed by atoms with Gasteiger partial charge in [0.25, 0.3) is 0 Å². The summed E-state index contributed by atoms with van der Waals surface area (Å²) in [5.41, 5.74) is 0. The highest BCUT2D eigenvalue weighted by molar-refractivity contribution is 5.79. The van der Waals surface area contributed by atoms with Crippen LogP contribution in [0, 0.1) is 5.92 Å². The minimum absolute atomic E-state index is 0.0416. The van der Waals surface area contributed by atoms with Crippen LogP contribution in [-0.4, -0.2) is 60.4 Å². The van der Waals surface area contributed by atoms with Crippen LogP contribution in [0.4, 0.5) is 0 Å². The Morgan fingerprint density at radius 3 is 2.45 bits per heavy atom. The normalized spacial score (nSPS) is 24.1. The molecule has 1 unspecified atom stereocenters. The van der Waals surface area contributed by atoms with Crippen molar-refractivity contribution < 1.29 is 9.59 Å². The Balaban J connectivity index is 1.82. The Hall–Kier alpha value is -1.10. The van der Waals surface area contributed by atoms with E-state index in [4.69, 9.17) is 0 Å². The van der Waals surface area contributed by atoms with Gasteiger partial charge in [0.2, 0.25) is 11.8 Å². The second kappa shape index (κ2) is 7.07. The van der Waals surface area contributed by atoms with E-state index in [0.29, 0.717) is 25.6 Å². The summed E-state index contributed by atoms with van der Waals surface area (Å²) in [5, 5.41) is 3.37. The maximum atomic E-state index is 12.3. The Morgan fingerprint density at radius 1 is 1.10 bits per heavy atom. The van der Waals surface area contributed by atoms with Crippen LogP contribution in [-0.2, 0) is 9.59 Å². The van der Waals surface area contributed by atoms with Gasteiger partial charge in [-0.1, -0.05) is 13.8 Å². The Labute approximate surface area is 121 Å². The van der Waals surface area contributed by atoms with Gasteiger partial charge in [0, 0.05) is 44.6 Å². The van der Waals surface area contributed by atoms with Gasteiger partial charge in [0.05, 0.1) is 0 Å². The van der Waals surface area contributed by atoms with Crippen molar-refractivity contribution >= 4 is 11.8 Å². The molecule has 114 valence electrons. The molecule has 20 heavy (non-hydrogen) atoms. The number of amides is 2. The summed E-state index contributed by atoms with van der Waals surface area (Å²) in [4.78, 5) is 28.2. The summed E-state index contributed by atoms with van der Waals surface area (Å²) in [6.45, 7) is 7.83. The van der Waals surface area contributed by atoms with Crippen LogP contribution in [0.3, 0.4) is 0 Å². The van der Waals surface area contributed by atoms with E-state index in [-0.39, 0.29) is 17.7 Å². The molecule has 0 bridgehead atoms. The van der Waals surface area contributed by atoms with Gasteiger partial charge in [-0.2, -0.15) is 0 Å². The predicted molar refractivity (Wildman–Crippen MR) is 78.3 cm³/mol. The van der Waals surface area contributed by atoms with E-state index in [1.807, 2.05) is 23.6 Å². The predicted octanol–water partition coefficient (Wildman–Crippen LogP) is 0.845. The third-order valence-corrected chi connectivity index (χ3v) is 4.24. The number of carbonyl (C=O) groups excluding carboxylic acids is 2. The van der Waals surface area contributed by atoms with E-state index in [2.05, 4.69) is 5.32 Å². The molecule has 2 aliphatic rings. The summed E-state index contributed by atoms with van der Waals surface area (Å²) in [6.07, 6.45) is 3.78. The number of hydrogen-bond donors (Lipinski definition) is 1. The first kappa shape index (κ1) is 15.3. The third kappa shape index (κ3) is 3.95. The Kier molecular flexibility index (Phi) is 5.40. The van der Waals surface area contributed by atoms with Crippen molar-refractivity contribution in [1.29, 1.82) is 0 Å². The van der Waals surface area contributed by atoms with E-state index in [0.717, 1.165) is 32.5 Å². The second-order valence-electron chi connectivity index (χ2n) is 6.21. The first-order valence-corrected chi connectivity index (χ1v) is 7.88. The first-order chi connectivity index (χ1) is 9.58. The van der Waals surface area contributed by atoms with Crippen molar-refractivity contribution in [2.24, 2.45) is 5.92 Å². The van der Waals surface area contributed by atoms with Gasteiger partial charge in [-0.3, -0.25) is 9.59 Å².